The molecule has 2 atom stereocenters. The molecule has 6 nitrogen and oxygen atoms in total. The first kappa shape index (κ1) is 22.3. The minimum absolute atomic E-state index is 0.0163. The summed E-state index contributed by atoms with van der Waals surface area (Å²) >= 11 is 0. The first-order valence-electron chi connectivity index (χ1n) is 10.1. The fourth-order valence-corrected chi connectivity index (χ4v) is 3.87. The van der Waals surface area contributed by atoms with Gasteiger partial charge in [0.2, 0.25) is 0 Å². The van der Waals surface area contributed by atoms with E-state index in [4.69, 9.17) is 9.47 Å². The maximum atomic E-state index is 13.1. The number of phenols is 3. The minimum atomic E-state index is -0.778. The molecule has 0 radical (unpaired) electrons. The number of hydrogen-bond donors (Lipinski definition) is 3. The van der Waals surface area contributed by atoms with E-state index in [1.165, 1.54) is 31.4 Å². The second-order valence-corrected chi connectivity index (χ2v) is 8.11. The van der Waals surface area contributed by atoms with E-state index in [9.17, 15) is 20.1 Å². The lowest BCUT2D eigenvalue weighted by molar-refractivity contribution is 0.0838. The maximum Gasteiger partial charge on any atom is 0.174 e. The zero-order valence-electron chi connectivity index (χ0n) is 18.2. The fraction of sp³-hybridized carbons (Fsp3) is 0.320. The van der Waals surface area contributed by atoms with Crippen LogP contribution >= 0.6 is 0 Å². The number of ketones is 1. The van der Waals surface area contributed by atoms with E-state index in [0.717, 1.165) is 11.1 Å². The molecule has 6 heteroatoms. The minimum Gasteiger partial charge on any atom is -0.508 e. The van der Waals surface area contributed by atoms with Crippen LogP contribution in [0.15, 0.2) is 48.1 Å². The van der Waals surface area contributed by atoms with E-state index in [2.05, 4.69) is 6.58 Å². The Morgan fingerprint density at radius 1 is 1.23 bits per heavy atom. The van der Waals surface area contributed by atoms with Gasteiger partial charge in [0.15, 0.2) is 5.78 Å². The molecule has 0 saturated heterocycles. The highest BCUT2D eigenvalue weighted by Gasteiger charge is 2.37. The summed E-state index contributed by atoms with van der Waals surface area (Å²) in [6, 6.07) is 5.58. The molecular weight excluding hydrogens is 396 g/mol. The zero-order valence-corrected chi connectivity index (χ0v) is 18.2. The van der Waals surface area contributed by atoms with Gasteiger partial charge in [-0.3, -0.25) is 4.79 Å². The number of Topliss-reactive ketones (excluding diaryl/α,β-unsaturated/α-hetero) is 1. The van der Waals surface area contributed by atoms with Gasteiger partial charge in [0, 0.05) is 29.2 Å². The van der Waals surface area contributed by atoms with Crippen molar-refractivity contribution >= 4 is 5.78 Å². The van der Waals surface area contributed by atoms with Crippen LogP contribution < -0.4 is 9.47 Å². The maximum absolute atomic E-state index is 13.1. The molecule has 164 valence electrons. The largest absolute Gasteiger partial charge is 0.508 e. The smallest absolute Gasteiger partial charge is 0.174 e. The van der Waals surface area contributed by atoms with Crippen molar-refractivity contribution in [3.05, 3.63) is 64.8 Å². The quantitative estimate of drug-likeness (QED) is 0.527. The summed E-state index contributed by atoms with van der Waals surface area (Å²) in [6.45, 7) is 9.93. The molecule has 2 unspecified atom stereocenters. The summed E-state index contributed by atoms with van der Waals surface area (Å²) in [5.41, 5.74) is 3.05. The highest BCUT2D eigenvalue weighted by Crippen LogP contribution is 2.51. The molecule has 2 aromatic carbocycles. The van der Waals surface area contributed by atoms with E-state index in [1.807, 2.05) is 26.8 Å². The van der Waals surface area contributed by atoms with Crippen LogP contribution in [0.3, 0.4) is 0 Å². The van der Waals surface area contributed by atoms with Gasteiger partial charge in [-0.15, -0.1) is 0 Å². The van der Waals surface area contributed by atoms with Crippen LogP contribution in [0.4, 0.5) is 0 Å². The second kappa shape index (κ2) is 8.76. The van der Waals surface area contributed by atoms with Gasteiger partial charge in [0.1, 0.15) is 40.4 Å². The van der Waals surface area contributed by atoms with Crippen molar-refractivity contribution in [2.24, 2.45) is 0 Å². The number of hydrogen-bond acceptors (Lipinski definition) is 6. The number of benzene rings is 2. The first-order chi connectivity index (χ1) is 14.6. The van der Waals surface area contributed by atoms with Gasteiger partial charge >= 0.3 is 0 Å². The molecule has 3 rings (SSSR count). The van der Waals surface area contributed by atoms with Gasteiger partial charge in [-0.1, -0.05) is 23.8 Å². The molecule has 1 aliphatic rings. The highest BCUT2D eigenvalue weighted by atomic mass is 16.5. The van der Waals surface area contributed by atoms with Crippen LogP contribution in [-0.4, -0.2) is 28.2 Å². The van der Waals surface area contributed by atoms with Gasteiger partial charge in [-0.05, 0) is 39.3 Å². The Bertz CT molecular complexity index is 1060. The van der Waals surface area contributed by atoms with Crippen molar-refractivity contribution in [3.8, 4) is 28.7 Å². The number of carbonyl (C=O) groups is 1. The van der Waals surface area contributed by atoms with Crippen molar-refractivity contribution in [2.75, 3.05) is 7.11 Å². The second-order valence-electron chi connectivity index (χ2n) is 8.11. The molecule has 2 aromatic rings. The summed E-state index contributed by atoms with van der Waals surface area (Å²) in [6.07, 6.45) is 1.83. The number of fused-ring (bicyclic) bond motifs is 1. The number of aromatic hydroxyl groups is 3. The third kappa shape index (κ3) is 4.38. The van der Waals surface area contributed by atoms with E-state index in [-0.39, 0.29) is 52.4 Å². The van der Waals surface area contributed by atoms with E-state index in [0.29, 0.717) is 17.5 Å². The summed E-state index contributed by atoms with van der Waals surface area (Å²) in [7, 11) is 1.43. The number of carbonyl (C=O) groups excluding carboxylic acids is 1. The number of allylic oxidation sites excluding steroid dienone is 3. The zero-order chi connectivity index (χ0) is 22.9. The number of phenolic OH excluding ortho intramolecular Hbond substituents is 3. The Morgan fingerprint density at radius 2 is 1.94 bits per heavy atom. The molecule has 3 N–H and O–H groups in total. The molecule has 0 spiro atoms. The van der Waals surface area contributed by atoms with Gasteiger partial charge < -0.3 is 24.8 Å². The molecule has 0 aromatic heterocycles. The van der Waals surface area contributed by atoms with Crippen molar-refractivity contribution in [2.45, 2.75) is 45.6 Å². The SMILES string of the molecule is C=C(C)C(CC=C(C)C)c1c(O)cc(OC)c2c1OC(c1ccc(O)cc1O)CC2=O. The number of rotatable bonds is 6. The lowest BCUT2D eigenvalue weighted by Gasteiger charge is -2.31. The summed E-state index contributed by atoms with van der Waals surface area (Å²) in [4.78, 5) is 13.1. The van der Waals surface area contributed by atoms with Crippen molar-refractivity contribution in [3.63, 3.8) is 0 Å². The summed E-state index contributed by atoms with van der Waals surface area (Å²) in [5.74, 6) is -0.343. The van der Waals surface area contributed by atoms with Crippen molar-refractivity contribution in [1.82, 2.24) is 0 Å². The Morgan fingerprint density at radius 3 is 2.52 bits per heavy atom. The fourth-order valence-electron chi connectivity index (χ4n) is 3.87. The van der Waals surface area contributed by atoms with E-state index < -0.39 is 6.10 Å². The molecule has 31 heavy (non-hydrogen) atoms. The molecule has 0 aliphatic carbocycles. The lowest BCUT2D eigenvalue weighted by atomic mass is 9.84. The highest BCUT2D eigenvalue weighted by molar-refractivity contribution is 6.03. The Balaban J connectivity index is 2.20. The monoisotopic (exact) mass is 424 g/mol. The molecule has 1 heterocycles. The molecule has 1 aliphatic heterocycles. The van der Waals surface area contributed by atoms with Gasteiger partial charge in [0.25, 0.3) is 0 Å². The summed E-state index contributed by atoms with van der Waals surface area (Å²) in [5, 5.41) is 30.8. The predicted octanol–water partition coefficient (Wildman–Crippen LogP) is 5.53. The average molecular weight is 424 g/mol. The van der Waals surface area contributed by atoms with E-state index >= 15 is 0 Å². The molecule has 0 amide bonds. The Hall–Kier alpha value is -3.41. The van der Waals surface area contributed by atoms with Gasteiger partial charge in [-0.25, -0.2) is 0 Å². The molecule has 0 bridgehead atoms. The normalized spacial score (nSPS) is 16.1. The van der Waals surface area contributed by atoms with E-state index in [1.54, 1.807) is 0 Å². The Labute approximate surface area is 182 Å². The van der Waals surface area contributed by atoms with Crippen LogP contribution in [0.1, 0.15) is 67.1 Å². The molecule has 0 fully saturated rings. The van der Waals surface area contributed by atoms with Crippen LogP contribution in [0.25, 0.3) is 0 Å². The molecular formula is C25H28O6. The van der Waals surface area contributed by atoms with Crippen LogP contribution in [0.5, 0.6) is 28.7 Å². The average Bonchev–Trinajstić information content (AvgIpc) is 2.68. The van der Waals surface area contributed by atoms with Crippen LogP contribution in [-0.2, 0) is 0 Å². The third-order valence-corrected chi connectivity index (χ3v) is 5.46. The van der Waals surface area contributed by atoms with Crippen LogP contribution in [0, 0.1) is 0 Å². The van der Waals surface area contributed by atoms with Gasteiger partial charge in [-0.2, -0.15) is 0 Å². The van der Waals surface area contributed by atoms with Crippen molar-refractivity contribution < 1.29 is 29.6 Å². The first-order valence-corrected chi connectivity index (χ1v) is 10.1. The molecule has 0 saturated carbocycles. The number of ether oxygens (including phenoxy) is 2. The van der Waals surface area contributed by atoms with Crippen molar-refractivity contribution in [1.29, 1.82) is 0 Å². The third-order valence-electron chi connectivity index (χ3n) is 5.46. The predicted molar refractivity (Wildman–Crippen MR) is 118 cm³/mol. The van der Waals surface area contributed by atoms with Gasteiger partial charge in [0.05, 0.1) is 13.5 Å². The Kier molecular flexibility index (Phi) is 6.29. The standard InChI is InChI=1S/C25H28O6/c1-13(2)6-8-16(14(3)4)23-19(28)12-22(30-5)24-20(29)11-21(31-25(23)24)17-9-7-15(26)10-18(17)27/h6-7,9-10,12,16,21,26-28H,3,8,11H2,1-2,4-5H3. The van der Waals surface area contributed by atoms with Crippen LogP contribution in [0.2, 0.25) is 0 Å². The lowest BCUT2D eigenvalue weighted by Crippen LogP contribution is -2.23. The number of methoxy groups -OCH3 is 1. The topological polar surface area (TPSA) is 96.2 Å². The summed E-state index contributed by atoms with van der Waals surface area (Å²) < 4.78 is 11.6.